The van der Waals surface area contributed by atoms with Crippen molar-refractivity contribution < 1.29 is 9.53 Å². The van der Waals surface area contributed by atoms with Gasteiger partial charge in [0.05, 0.1) is 23.9 Å². The van der Waals surface area contributed by atoms with Crippen molar-refractivity contribution in [2.24, 2.45) is 0 Å². The van der Waals surface area contributed by atoms with E-state index in [9.17, 15) is 4.79 Å². The molecule has 0 atom stereocenters. The van der Waals surface area contributed by atoms with Gasteiger partial charge in [0.25, 0.3) is 5.91 Å². The lowest BCUT2D eigenvalue weighted by molar-refractivity contribution is 0.0954. The molecule has 0 aliphatic rings. The first-order chi connectivity index (χ1) is 16.2. The smallest absolute Gasteiger partial charge is 0.253 e. The van der Waals surface area contributed by atoms with Crippen LogP contribution >= 0.6 is 0 Å². The molecule has 0 unspecified atom stereocenters. The number of methoxy groups -OCH3 is 1. The van der Waals surface area contributed by atoms with Gasteiger partial charge in [0.15, 0.2) is 5.82 Å². The number of rotatable bonds is 9. The topological polar surface area (TPSA) is 89.0 Å². The summed E-state index contributed by atoms with van der Waals surface area (Å²) in [5.41, 5.74) is 2.80. The van der Waals surface area contributed by atoms with Gasteiger partial charge in [-0.3, -0.25) is 9.78 Å². The third kappa shape index (κ3) is 5.26. The summed E-state index contributed by atoms with van der Waals surface area (Å²) in [4.78, 5) is 26.5. The molecule has 0 spiro atoms. The summed E-state index contributed by atoms with van der Waals surface area (Å²) in [5, 5.41) is 7.18. The van der Waals surface area contributed by atoms with Crippen LogP contribution in [0.4, 0.5) is 11.5 Å². The second kappa shape index (κ2) is 10.5. The molecule has 7 heteroatoms. The van der Waals surface area contributed by atoms with Gasteiger partial charge in [-0.2, -0.15) is 0 Å². The number of fused-ring (bicyclic) bond motifs is 1. The second-order valence-corrected chi connectivity index (χ2v) is 7.65. The number of anilines is 2. The van der Waals surface area contributed by atoms with E-state index in [-0.39, 0.29) is 5.91 Å². The molecule has 2 aromatic heterocycles. The zero-order valence-electron chi connectivity index (χ0n) is 18.8. The number of carbonyl (C=O) groups is 1. The minimum Gasteiger partial charge on any atom is -0.497 e. The Morgan fingerprint density at radius 2 is 1.91 bits per heavy atom. The standard InChI is InChI=1S/C26H27N5O2/c1-3-4-7-15-28-26(32)20-10-5-6-11-22(20)30-25-21-16-19(33-2)12-13-23(21)29-24(31-25)18-9-8-14-27-17-18/h5-6,8-14,16-17H,3-4,7,15H2,1-2H3,(H,28,32)(H,29,30,31). The molecule has 4 aromatic rings. The van der Waals surface area contributed by atoms with E-state index in [1.165, 1.54) is 0 Å². The largest absolute Gasteiger partial charge is 0.497 e. The van der Waals surface area contributed by atoms with Crippen LogP contribution in [0.5, 0.6) is 5.75 Å². The van der Waals surface area contributed by atoms with Gasteiger partial charge in [0.2, 0.25) is 0 Å². The van der Waals surface area contributed by atoms with Crippen molar-refractivity contribution >= 4 is 28.3 Å². The van der Waals surface area contributed by atoms with E-state index in [2.05, 4.69) is 22.5 Å². The highest BCUT2D eigenvalue weighted by Gasteiger charge is 2.15. The van der Waals surface area contributed by atoms with Crippen LogP contribution in [0.3, 0.4) is 0 Å². The zero-order valence-corrected chi connectivity index (χ0v) is 18.8. The average molecular weight is 442 g/mol. The van der Waals surface area contributed by atoms with Gasteiger partial charge < -0.3 is 15.4 Å². The highest BCUT2D eigenvalue weighted by atomic mass is 16.5. The fourth-order valence-electron chi connectivity index (χ4n) is 3.54. The molecule has 0 fully saturated rings. The van der Waals surface area contributed by atoms with Gasteiger partial charge in [0.1, 0.15) is 11.6 Å². The first-order valence-corrected chi connectivity index (χ1v) is 11.1. The van der Waals surface area contributed by atoms with E-state index in [0.717, 1.165) is 35.7 Å². The monoisotopic (exact) mass is 441 g/mol. The quantitative estimate of drug-likeness (QED) is 0.340. The van der Waals surface area contributed by atoms with Crippen LogP contribution < -0.4 is 15.4 Å². The van der Waals surface area contributed by atoms with Gasteiger partial charge in [-0.15, -0.1) is 0 Å². The van der Waals surface area contributed by atoms with Gasteiger partial charge in [-0.05, 0) is 48.9 Å². The third-order valence-corrected chi connectivity index (χ3v) is 5.31. The van der Waals surface area contributed by atoms with E-state index in [4.69, 9.17) is 14.7 Å². The predicted molar refractivity (Wildman–Crippen MR) is 131 cm³/mol. The lowest BCUT2D eigenvalue weighted by Gasteiger charge is -2.15. The number of para-hydroxylation sites is 1. The first kappa shape index (κ1) is 22.2. The molecular formula is C26H27N5O2. The number of pyridine rings is 1. The predicted octanol–water partition coefficient (Wildman–Crippen LogP) is 5.36. The molecule has 33 heavy (non-hydrogen) atoms. The van der Waals surface area contributed by atoms with E-state index < -0.39 is 0 Å². The van der Waals surface area contributed by atoms with Crippen LogP contribution in [-0.4, -0.2) is 34.5 Å². The molecule has 4 rings (SSSR count). The number of nitrogens with one attached hydrogen (secondary N) is 2. The van der Waals surface area contributed by atoms with Crippen molar-refractivity contribution in [3.05, 3.63) is 72.6 Å². The van der Waals surface area contributed by atoms with E-state index >= 15 is 0 Å². The molecule has 0 aliphatic carbocycles. The maximum Gasteiger partial charge on any atom is 0.253 e. The Balaban J connectivity index is 1.73. The van der Waals surface area contributed by atoms with Crippen LogP contribution in [0.1, 0.15) is 36.5 Å². The van der Waals surface area contributed by atoms with Crippen LogP contribution in [0, 0.1) is 0 Å². The molecule has 0 aliphatic heterocycles. The van der Waals surface area contributed by atoms with Gasteiger partial charge in [-0.1, -0.05) is 31.9 Å². The molecule has 7 nitrogen and oxygen atoms in total. The summed E-state index contributed by atoms with van der Waals surface area (Å²) in [5.74, 6) is 1.72. The summed E-state index contributed by atoms with van der Waals surface area (Å²) >= 11 is 0. The molecule has 2 N–H and O–H groups in total. The number of benzene rings is 2. The van der Waals surface area contributed by atoms with Crippen molar-refractivity contribution in [3.8, 4) is 17.1 Å². The fraction of sp³-hybridized carbons (Fsp3) is 0.231. The van der Waals surface area contributed by atoms with Crippen molar-refractivity contribution in [3.63, 3.8) is 0 Å². The Morgan fingerprint density at radius 3 is 2.70 bits per heavy atom. The Kier molecular flexibility index (Phi) is 7.09. The maximum absolute atomic E-state index is 12.9. The van der Waals surface area contributed by atoms with Crippen LogP contribution in [-0.2, 0) is 0 Å². The second-order valence-electron chi connectivity index (χ2n) is 7.65. The molecular weight excluding hydrogens is 414 g/mol. The minimum atomic E-state index is -0.113. The van der Waals surface area contributed by atoms with E-state index in [1.807, 2.05) is 54.6 Å². The normalized spacial score (nSPS) is 10.7. The van der Waals surface area contributed by atoms with Gasteiger partial charge in [0, 0.05) is 29.9 Å². The first-order valence-electron chi connectivity index (χ1n) is 11.1. The van der Waals surface area contributed by atoms with Crippen LogP contribution in [0.15, 0.2) is 67.0 Å². The summed E-state index contributed by atoms with van der Waals surface area (Å²) in [6.07, 6.45) is 6.60. The van der Waals surface area contributed by atoms with Crippen LogP contribution in [0.25, 0.3) is 22.3 Å². The van der Waals surface area contributed by atoms with Crippen molar-refractivity contribution in [1.82, 2.24) is 20.3 Å². The number of ether oxygens (including phenoxy) is 1. The highest BCUT2D eigenvalue weighted by molar-refractivity contribution is 6.02. The van der Waals surface area contributed by atoms with E-state index in [0.29, 0.717) is 35.2 Å². The number of unbranched alkanes of at least 4 members (excludes halogenated alkanes) is 2. The molecule has 0 saturated heterocycles. The highest BCUT2D eigenvalue weighted by Crippen LogP contribution is 2.31. The van der Waals surface area contributed by atoms with Crippen molar-refractivity contribution in [1.29, 1.82) is 0 Å². The van der Waals surface area contributed by atoms with Crippen LogP contribution in [0.2, 0.25) is 0 Å². The number of hydrogen-bond acceptors (Lipinski definition) is 6. The number of nitrogens with zero attached hydrogens (tertiary/aromatic N) is 3. The fourth-order valence-corrected chi connectivity index (χ4v) is 3.54. The molecule has 2 heterocycles. The summed E-state index contributed by atoms with van der Waals surface area (Å²) in [6, 6.07) is 16.8. The molecule has 168 valence electrons. The maximum atomic E-state index is 12.9. The Labute approximate surface area is 193 Å². The SMILES string of the molecule is CCCCCNC(=O)c1ccccc1Nc1nc(-c2cccnc2)nc2ccc(OC)cc12. The molecule has 0 saturated carbocycles. The number of hydrogen-bond donors (Lipinski definition) is 2. The lowest BCUT2D eigenvalue weighted by atomic mass is 10.1. The van der Waals surface area contributed by atoms with Crippen molar-refractivity contribution in [2.45, 2.75) is 26.2 Å². The van der Waals surface area contributed by atoms with Gasteiger partial charge >= 0.3 is 0 Å². The summed E-state index contributed by atoms with van der Waals surface area (Å²) in [6.45, 7) is 2.79. The minimum absolute atomic E-state index is 0.113. The Bertz CT molecular complexity index is 1240. The van der Waals surface area contributed by atoms with Crippen molar-refractivity contribution in [2.75, 3.05) is 19.0 Å². The summed E-state index contributed by atoms with van der Waals surface area (Å²) < 4.78 is 5.41. The Hall–Kier alpha value is -4.00. The molecule has 0 bridgehead atoms. The third-order valence-electron chi connectivity index (χ3n) is 5.31. The zero-order chi connectivity index (χ0) is 23.0. The van der Waals surface area contributed by atoms with Gasteiger partial charge in [-0.25, -0.2) is 9.97 Å². The lowest BCUT2D eigenvalue weighted by Crippen LogP contribution is -2.25. The van der Waals surface area contributed by atoms with E-state index in [1.54, 1.807) is 19.5 Å². The molecule has 0 radical (unpaired) electrons. The number of amides is 1. The number of aromatic nitrogens is 3. The average Bonchev–Trinajstić information content (AvgIpc) is 2.87. The molecule has 1 amide bonds. The molecule has 2 aromatic carbocycles. The summed E-state index contributed by atoms with van der Waals surface area (Å²) in [7, 11) is 1.62. The Morgan fingerprint density at radius 1 is 1.03 bits per heavy atom. The number of carbonyl (C=O) groups excluding carboxylic acids is 1.